The standard InChI is InChI=1S/C14H21BrN2O/c1-14(2,10-16)9-13(18)17-7-6-11-4-3-5-12(15)8-11/h3-5,8H,6-7,9-10,16H2,1-2H3,(H,17,18). The van der Waals surface area contributed by atoms with Crippen LogP contribution in [0.15, 0.2) is 28.7 Å². The van der Waals surface area contributed by atoms with Crippen molar-refractivity contribution in [1.82, 2.24) is 5.32 Å². The molecule has 0 atom stereocenters. The molecule has 0 aliphatic carbocycles. The van der Waals surface area contributed by atoms with Crippen LogP contribution in [0, 0.1) is 5.41 Å². The van der Waals surface area contributed by atoms with E-state index in [1.165, 1.54) is 5.56 Å². The molecule has 1 aromatic rings. The van der Waals surface area contributed by atoms with Crippen LogP contribution in [0.25, 0.3) is 0 Å². The van der Waals surface area contributed by atoms with Crippen LogP contribution in [0.3, 0.4) is 0 Å². The van der Waals surface area contributed by atoms with Gasteiger partial charge in [0.15, 0.2) is 0 Å². The lowest BCUT2D eigenvalue weighted by Gasteiger charge is -2.21. The minimum atomic E-state index is -0.125. The van der Waals surface area contributed by atoms with E-state index in [0.717, 1.165) is 10.9 Å². The lowest BCUT2D eigenvalue weighted by atomic mass is 9.89. The fourth-order valence-corrected chi connectivity index (χ4v) is 2.05. The second-order valence-electron chi connectivity index (χ2n) is 5.27. The van der Waals surface area contributed by atoms with Gasteiger partial charge in [0.05, 0.1) is 0 Å². The zero-order chi connectivity index (χ0) is 13.6. The average Bonchev–Trinajstić information content (AvgIpc) is 2.28. The summed E-state index contributed by atoms with van der Waals surface area (Å²) in [6, 6.07) is 8.11. The van der Waals surface area contributed by atoms with Crippen LogP contribution in [-0.2, 0) is 11.2 Å². The molecular weight excluding hydrogens is 292 g/mol. The summed E-state index contributed by atoms with van der Waals surface area (Å²) >= 11 is 3.43. The van der Waals surface area contributed by atoms with Gasteiger partial charge in [0.25, 0.3) is 0 Å². The highest BCUT2D eigenvalue weighted by Crippen LogP contribution is 2.17. The van der Waals surface area contributed by atoms with Crippen molar-refractivity contribution in [3.63, 3.8) is 0 Å². The summed E-state index contributed by atoms with van der Waals surface area (Å²) < 4.78 is 1.07. The first-order valence-corrected chi connectivity index (χ1v) is 6.93. The third kappa shape index (κ3) is 5.65. The van der Waals surface area contributed by atoms with Crippen LogP contribution >= 0.6 is 15.9 Å². The molecule has 0 bridgehead atoms. The van der Waals surface area contributed by atoms with E-state index in [2.05, 4.69) is 33.4 Å². The molecular formula is C14H21BrN2O. The van der Waals surface area contributed by atoms with Gasteiger partial charge in [-0.25, -0.2) is 0 Å². The maximum Gasteiger partial charge on any atom is 0.220 e. The summed E-state index contributed by atoms with van der Waals surface area (Å²) in [4.78, 5) is 11.7. The number of carbonyl (C=O) groups is 1. The summed E-state index contributed by atoms with van der Waals surface area (Å²) in [5.41, 5.74) is 6.69. The molecule has 1 aromatic carbocycles. The van der Waals surface area contributed by atoms with Gasteiger partial charge >= 0.3 is 0 Å². The molecule has 3 N–H and O–H groups in total. The van der Waals surface area contributed by atoms with E-state index in [4.69, 9.17) is 5.73 Å². The molecule has 0 saturated carbocycles. The Morgan fingerprint density at radius 1 is 1.44 bits per heavy atom. The SMILES string of the molecule is CC(C)(CN)CC(=O)NCCc1cccc(Br)c1. The maximum absolute atomic E-state index is 11.7. The van der Waals surface area contributed by atoms with Gasteiger partial charge < -0.3 is 11.1 Å². The van der Waals surface area contributed by atoms with Crippen molar-refractivity contribution >= 4 is 21.8 Å². The smallest absolute Gasteiger partial charge is 0.220 e. The molecule has 1 amide bonds. The molecule has 0 aliphatic heterocycles. The number of amides is 1. The zero-order valence-corrected chi connectivity index (χ0v) is 12.6. The second kappa shape index (κ2) is 6.90. The third-order valence-corrected chi connectivity index (χ3v) is 3.31. The van der Waals surface area contributed by atoms with Crippen molar-refractivity contribution in [1.29, 1.82) is 0 Å². The van der Waals surface area contributed by atoms with E-state index in [-0.39, 0.29) is 11.3 Å². The molecule has 0 saturated heterocycles. The van der Waals surface area contributed by atoms with E-state index in [1.54, 1.807) is 0 Å². The Balaban J connectivity index is 2.32. The van der Waals surface area contributed by atoms with Crippen molar-refractivity contribution in [3.05, 3.63) is 34.3 Å². The van der Waals surface area contributed by atoms with Crippen LogP contribution in [-0.4, -0.2) is 19.0 Å². The van der Waals surface area contributed by atoms with Gasteiger partial charge in [0.2, 0.25) is 5.91 Å². The Morgan fingerprint density at radius 3 is 2.78 bits per heavy atom. The molecule has 0 heterocycles. The number of rotatable bonds is 6. The predicted octanol–water partition coefficient (Wildman–Crippen LogP) is 2.48. The van der Waals surface area contributed by atoms with Crippen molar-refractivity contribution < 1.29 is 4.79 Å². The van der Waals surface area contributed by atoms with Gasteiger partial charge in [-0.2, -0.15) is 0 Å². The van der Waals surface area contributed by atoms with E-state index in [9.17, 15) is 4.79 Å². The quantitative estimate of drug-likeness (QED) is 0.848. The van der Waals surface area contributed by atoms with Crippen LogP contribution in [0.4, 0.5) is 0 Å². The maximum atomic E-state index is 11.7. The molecule has 18 heavy (non-hydrogen) atoms. The molecule has 3 nitrogen and oxygen atoms in total. The molecule has 0 fully saturated rings. The molecule has 0 unspecified atom stereocenters. The Hall–Kier alpha value is -0.870. The van der Waals surface area contributed by atoms with Gasteiger partial charge in [-0.1, -0.05) is 41.9 Å². The first-order valence-electron chi connectivity index (χ1n) is 6.14. The summed E-state index contributed by atoms with van der Waals surface area (Å²) in [6.45, 7) is 5.18. The average molecular weight is 313 g/mol. The van der Waals surface area contributed by atoms with Crippen molar-refractivity contribution in [3.8, 4) is 0 Å². The largest absolute Gasteiger partial charge is 0.356 e. The number of hydrogen-bond donors (Lipinski definition) is 2. The zero-order valence-electron chi connectivity index (χ0n) is 11.0. The van der Waals surface area contributed by atoms with Crippen LogP contribution < -0.4 is 11.1 Å². The lowest BCUT2D eigenvalue weighted by Crippen LogP contribution is -2.33. The van der Waals surface area contributed by atoms with Crippen LogP contribution in [0.1, 0.15) is 25.8 Å². The molecule has 1 rings (SSSR count). The highest BCUT2D eigenvalue weighted by Gasteiger charge is 2.19. The molecule has 0 aliphatic rings. The number of nitrogens with one attached hydrogen (secondary N) is 1. The third-order valence-electron chi connectivity index (χ3n) is 2.82. The monoisotopic (exact) mass is 312 g/mol. The fourth-order valence-electron chi connectivity index (χ4n) is 1.61. The van der Waals surface area contributed by atoms with E-state index >= 15 is 0 Å². The Morgan fingerprint density at radius 2 is 2.17 bits per heavy atom. The second-order valence-corrected chi connectivity index (χ2v) is 6.19. The first kappa shape index (κ1) is 15.2. The fraction of sp³-hybridized carbons (Fsp3) is 0.500. The Labute approximate surface area is 117 Å². The number of nitrogens with two attached hydrogens (primary N) is 1. The molecule has 100 valence electrons. The summed E-state index contributed by atoms with van der Waals surface area (Å²) in [7, 11) is 0. The number of carbonyl (C=O) groups excluding carboxylic acids is 1. The van der Waals surface area contributed by atoms with Crippen LogP contribution in [0.5, 0.6) is 0 Å². The molecule has 0 aromatic heterocycles. The number of halogens is 1. The minimum absolute atomic E-state index is 0.0699. The molecule has 4 heteroatoms. The van der Waals surface area contributed by atoms with Crippen molar-refractivity contribution in [2.45, 2.75) is 26.7 Å². The van der Waals surface area contributed by atoms with Crippen molar-refractivity contribution in [2.75, 3.05) is 13.1 Å². The van der Waals surface area contributed by atoms with E-state index in [0.29, 0.717) is 19.5 Å². The van der Waals surface area contributed by atoms with Gasteiger partial charge in [-0.05, 0) is 36.1 Å². The summed E-state index contributed by atoms with van der Waals surface area (Å²) in [6.07, 6.45) is 1.32. The highest BCUT2D eigenvalue weighted by molar-refractivity contribution is 9.10. The van der Waals surface area contributed by atoms with Gasteiger partial charge in [0, 0.05) is 17.4 Å². The first-order chi connectivity index (χ1) is 8.43. The van der Waals surface area contributed by atoms with Gasteiger partial charge in [-0.3, -0.25) is 4.79 Å². The predicted molar refractivity (Wildman–Crippen MR) is 78.3 cm³/mol. The Bertz CT molecular complexity index is 405. The lowest BCUT2D eigenvalue weighted by molar-refractivity contribution is -0.122. The number of benzene rings is 1. The van der Waals surface area contributed by atoms with Crippen LogP contribution in [0.2, 0.25) is 0 Å². The number of hydrogen-bond acceptors (Lipinski definition) is 2. The van der Waals surface area contributed by atoms with E-state index in [1.807, 2.05) is 26.0 Å². The minimum Gasteiger partial charge on any atom is -0.356 e. The molecule has 0 radical (unpaired) electrons. The Kier molecular flexibility index (Phi) is 5.82. The molecule has 0 spiro atoms. The van der Waals surface area contributed by atoms with Gasteiger partial charge in [0.1, 0.15) is 0 Å². The normalized spacial score (nSPS) is 11.3. The highest BCUT2D eigenvalue weighted by atomic mass is 79.9. The summed E-state index contributed by atoms with van der Waals surface area (Å²) in [5.74, 6) is 0.0699. The summed E-state index contributed by atoms with van der Waals surface area (Å²) in [5, 5.41) is 2.93. The topological polar surface area (TPSA) is 55.1 Å². The van der Waals surface area contributed by atoms with Crippen molar-refractivity contribution in [2.24, 2.45) is 11.1 Å². The van der Waals surface area contributed by atoms with Gasteiger partial charge in [-0.15, -0.1) is 0 Å². The van der Waals surface area contributed by atoms with E-state index < -0.39 is 0 Å².